The zero-order valence-electron chi connectivity index (χ0n) is 18.1. The second kappa shape index (κ2) is 8.79. The Hall–Kier alpha value is -2.35. The summed E-state index contributed by atoms with van der Waals surface area (Å²) in [7, 11) is 0. The Kier molecular flexibility index (Phi) is 6.55. The van der Waals surface area contributed by atoms with Crippen LogP contribution in [0.25, 0.3) is 0 Å². The standard InChI is InChI=1S/C22H29NO6S/c1-12-6-8-14(9-7-12)19(24)23-15-10-17(22(3,4)5)30-18(15)20(25)27-11-16-13(2)28-21(26)29-16/h10,12,14H,6-9,11H2,1-5H3,(H,23,24). The molecule has 0 atom stereocenters. The molecule has 3 rings (SSSR count). The number of rotatable bonds is 5. The molecule has 0 spiro atoms. The maximum Gasteiger partial charge on any atom is 0.519 e. The van der Waals surface area contributed by atoms with E-state index in [2.05, 4.69) is 12.2 Å². The Morgan fingerprint density at radius 3 is 2.43 bits per heavy atom. The lowest BCUT2D eigenvalue weighted by molar-refractivity contribution is -0.121. The lowest BCUT2D eigenvalue weighted by atomic mass is 9.82. The normalized spacial score (nSPS) is 19.5. The summed E-state index contributed by atoms with van der Waals surface area (Å²) in [6, 6.07) is 1.85. The third-order valence-electron chi connectivity index (χ3n) is 5.47. The number of esters is 1. The second-order valence-electron chi connectivity index (χ2n) is 9.06. The molecule has 30 heavy (non-hydrogen) atoms. The third-order valence-corrected chi connectivity index (χ3v) is 7.01. The van der Waals surface area contributed by atoms with Crippen molar-refractivity contribution in [2.75, 3.05) is 5.32 Å². The molecule has 1 fully saturated rings. The van der Waals surface area contributed by atoms with Gasteiger partial charge < -0.3 is 18.9 Å². The van der Waals surface area contributed by atoms with E-state index in [1.165, 1.54) is 11.3 Å². The van der Waals surface area contributed by atoms with Gasteiger partial charge in [-0.3, -0.25) is 4.79 Å². The van der Waals surface area contributed by atoms with E-state index >= 15 is 0 Å². The summed E-state index contributed by atoms with van der Waals surface area (Å²) >= 11 is 1.30. The highest BCUT2D eigenvalue weighted by Crippen LogP contribution is 2.37. The summed E-state index contributed by atoms with van der Waals surface area (Å²) in [6.07, 6.45) is 3.81. The van der Waals surface area contributed by atoms with Gasteiger partial charge in [-0.05, 0) is 50.0 Å². The van der Waals surface area contributed by atoms with Crippen molar-refractivity contribution in [3.05, 3.63) is 38.0 Å². The van der Waals surface area contributed by atoms with Gasteiger partial charge in [-0.25, -0.2) is 9.59 Å². The number of thiophene rings is 1. The number of carbonyl (C=O) groups is 2. The number of anilines is 1. The van der Waals surface area contributed by atoms with Crippen LogP contribution in [0.5, 0.6) is 0 Å². The molecule has 0 bridgehead atoms. The van der Waals surface area contributed by atoms with Crippen LogP contribution in [0, 0.1) is 18.8 Å². The van der Waals surface area contributed by atoms with Crippen molar-refractivity contribution in [1.82, 2.24) is 0 Å². The van der Waals surface area contributed by atoms with Crippen molar-refractivity contribution in [3.63, 3.8) is 0 Å². The zero-order chi connectivity index (χ0) is 22.1. The van der Waals surface area contributed by atoms with Gasteiger partial charge in [0.2, 0.25) is 5.91 Å². The molecule has 2 heterocycles. The van der Waals surface area contributed by atoms with Crippen molar-refractivity contribution in [3.8, 4) is 0 Å². The van der Waals surface area contributed by atoms with E-state index in [4.69, 9.17) is 13.6 Å². The summed E-state index contributed by atoms with van der Waals surface area (Å²) in [5.74, 6) is -0.403. The summed E-state index contributed by atoms with van der Waals surface area (Å²) in [6.45, 7) is 9.70. The third kappa shape index (κ3) is 5.22. The van der Waals surface area contributed by atoms with Gasteiger partial charge >= 0.3 is 11.8 Å². The van der Waals surface area contributed by atoms with Gasteiger partial charge in [-0.15, -0.1) is 11.3 Å². The molecule has 7 nitrogen and oxygen atoms in total. The molecule has 1 aliphatic carbocycles. The van der Waals surface area contributed by atoms with E-state index in [9.17, 15) is 14.4 Å². The van der Waals surface area contributed by atoms with Crippen LogP contribution >= 0.6 is 11.3 Å². The van der Waals surface area contributed by atoms with E-state index in [-0.39, 0.29) is 35.4 Å². The average Bonchev–Trinajstić information content (AvgIpc) is 3.23. The first-order chi connectivity index (χ1) is 14.0. The number of nitrogens with one attached hydrogen (secondary N) is 1. The monoisotopic (exact) mass is 435 g/mol. The molecule has 0 radical (unpaired) electrons. The molecule has 1 N–H and O–H groups in total. The molecular formula is C22H29NO6S. The summed E-state index contributed by atoms with van der Waals surface area (Å²) in [5, 5.41) is 2.96. The molecule has 2 aromatic rings. The molecule has 0 unspecified atom stereocenters. The number of hydrogen-bond acceptors (Lipinski definition) is 7. The Morgan fingerprint density at radius 1 is 1.20 bits per heavy atom. The van der Waals surface area contributed by atoms with Crippen LogP contribution in [0.3, 0.4) is 0 Å². The van der Waals surface area contributed by atoms with Crippen molar-refractivity contribution in [2.45, 2.75) is 72.3 Å². The van der Waals surface area contributed by atoms with Crippen molar-refractivity contribution >= 4 is 28.9 Å². The highest BCUT2D eigenvalue weighted by atomic mass is 32.1. The molecule has 2 aromatic heterocycles. The van der Waals surface area contributed by atoms with Crippen LogP contribution < -0.4 is 11.1 Å². The van der Waals surface area contributed by atoms with E-state index in [0.29, 0.717) is 16.5 Å². The van der Waals surface area contributed by atoms with Gasteiger partial charge in [-0.2, -0.15) is 0 Å². The van der Waals surface area contributed by atoms with E-state index in [1.807, 2.05) is 26.8 Å². The summed E-state index contributed by atoms with van der Waals surface area (Å²) in [4.78, 5) is 38.1. The van der Waals surface area contributed by atoms with E-state index < -0.39 is 11.8 Å². The van der Waals surface area contributed by atoms with Crippen LogP contribution in [0.2, 0.25) is 0 Å². The smallest absolute Gasteiger partial charge is 0.453 e. The number of amides is 1. The minimum Gasteiger partial charge on any atom is -0.453 e. The van der Waals surface area contributed by atoms with E-state index in [0.717, 1.165) is 30.6 Å². The Labute approximate surface area is 179 Å². The quantitative estimate of drug-likeness (QED) is 0.662. The van der Waals surface area contributed by atoms with Crippen LogP contribution in [-0.2, 0) is 21.6 Å². The van der Waals surface area contributed by atoms with Gasteiger partial charge in [0.15, 0.2) is 18.1 Å². The number of carbonyl (C=O) groups excluding carboxylic acids is 2. The highest BCUT2D eigenvalue weighted by Gasteiger charge is 2.29. The molecule has 8 heteroatoms. The summed E-state index contributed by atoms with van der Waals surface area (Å²) < 4.78 is 15.0. The maximum atomic E-state index is 12.8. The maximum absolute atomic E-state index is 12.8. The fourth-order valence-electron chi connectivity index (χ4n) is 3.47. The predicted octanol–water partition coefficient (Wildman–Crippen LogP) is 5.02. The SMILES string of the molecule is Cc1oc(=O)oc1COC(=O)c1sc(C(C)(C)C)cc1NC(=O)C1CCC(C)CC1. The number of aryl methyl sites for hydroxylation is 1. The fourth-order valence-corrected chi connectivity index (χ4v) is 4.53. The molecule has 1 aliphatic rings. The molecular weight excluding hydrogens is 406 g/mol. The lowest BCUT2D eigenvalue weighted by Crippen LogP contribution is -2.27. The van der Waals surface area contributed by atoms with Gasteiger partial charge in [0.25, 0.3) is 0 Å². The molecule has 1 amide bonds. The van der Waals surface area contributed by atoms with Gasteiger partial charge in [0, 0.05) is 10.8 Å². The summed E-state index contributed by atoms with van der Waals surface area (Å²) in [5.41, 5.74) is 0.292. The topological polar surface area (TPSA) is 98.8 Å². The zero-order valence-corrected chi connectivity index (χ0v) is 18.9. The minimum absolute atomic E-state index is 0.0362. The lowest BCUT2D eigenvalue weighted by Gasteiger charge is -2.25. The first-order valence-corrected chi connectivity index (χ1v) is 11.1. The Balaban J connectivity index is 1.77. The molecule has 0 aliphatic heterocycles. The van der Waals surface area contributed by atoms with Crippen LogP contribution in [-0.4, -0.2) is 11.9 Å². The number of ether oxygens (including phenoxy) is 1. The minimum atomic E-state index is -0.834. The average molecular weight is 436 g/mol. The number of hydrogen-bond donors (Lipinski definition) is 1. The predicted molar refractivity (Wildman–Crippen MR) is 114 cm³/mol. The van der Waals surface area contributed by atoms with Crippen molar-refractivity contribution in [2.24, 2.45) is 11.8 Å². The van der Waals surface area contributed by atoms with Gasteiger partial charge in [-0.1, -0.05) is 27.7 Å². The van der Waals surface area contributed by atoms with Crippen molar-refractivity contribution < 1.29 is 23.2 Å². The second-order valence-corrected chi connectivity index (χ2v) is 10.1. The molecule has 164 valence electrons. The molecule has 1 saturated carbocycles. The Morgan fingerprint density at radius 2 is 1.87 bits per heavy atom. The molecule has 0 aromatic carbocycles. The van der Waals surface area contributed by atoms with Crippen LogP contribution in [0.1, 0.15) is 79.4 Å². The highest BCUT2D eigenvalue weighted by molar-refractivity contribution is 7.14. The van der Waals surface area contributed by atoms with Crippen LogP contribution in [0.15, 0.2) is 19.7 Å². The van der Waals surface area contributed by atoms with Gasteiger partial charge in [0.1, 0.15) is 4.88 Å². The van der Waals surface area contributed by atoms with Gasteiger partial charge in [0.05, 0.1) is 5.69 Å². The van der Waals surface area contributed by atoms with Crippen LogP contribution in [0.4, 0.5) is 5.69 Å². The van der Waals surface area contributed by atoms with Crippen molar-refractivity contribution in [1.29, 1.82) is 0 Å². The largest absolute Gasteiger partial charge is 0.519 e. The Bertz CT molecular complexity index is 969. The first-order valence-electron chi connectivity index (χ1n) is 10.3. The first kappa shape index (κ1) is 22.3. The molecule has 0 saturated heterocycles. The fraction of sp³-hybridized carbons (Fsp3) is 0.591. The van der Waals surface area contributed by atoms with E-state index in [1.54, 1.807) is 6.92 Å².